The number of benzene rings is 2. The summed E-state index contributed by atoms with van der Waals surface area (Å²) in [5, 5.41) is 14.5. The number of aromatic nitrogens is 7. The van der Waals surface area contributed by atoms with Crippen LogP contribution in [0.3, 0.4) is 0 Å². The standard InChI is InChI=1S/C24H23N7/c1-5-21-26-22-15(3)14(2)16(4)25-24(22)31(21)18-12-10-17(11-13-18)19-8-6-7-9-20(19)23-27-29-30-28-23/h6-13H,5H2,1-4H3,(H,27,28,29,30). The van der Waals surface area contributed by atoms with Crippen molar-refractivity contribution in [1.29, 1.82) is 0 Å². The zero-order valence-electron chi connectivity index (χ0n) is 18.0. The maximum atomic E-state index is 4.91. The van der Waals surface area contributed by atoms with Crippen LogP contribution in [0.15, 0.2) is 48.5 Å². The summed E-state index contributed by atoms with van der Waals surface area (Å²) in [6.45, 7) is 8.42. The van der Waals surface area contributed by atoms with Crippen LogP contribution >= 0.6 is 0 Å². The Labute approximate surface area is 180 Å². The number of aryl methyl sites for hydroxylation is 3. The Bertz CT molecular complexity index is 1380. The minimum atomic E-state index is 0.582. The molecular formula is C24H23N7. The Morgan fingerprint density at radius 2 is 1.61 bits per heavy atom. The van der Waals surface area contributed by atoms with E-state index in [4.69, 9.17) is 9.97 Å². The van der Waals surface area contributed by atoms with Gasteiger partial charge in [-0.25, -0.2) is 9.97 Å². The molecule has 3 heterocycles. The van der Waals surface area contributed by atoms with Crippen molar-refractivity contribution < 1.29 is 0 Å². The Balaban J connectivity index is 1.64. The first-order chi connectivity index (χ1) is 15.1. The van der Waals surface area contributed by atoms with Crippen molar-refractivity contribution in [2.75, 3.05) is 0 Å². The fourth-order valence-electron chi connectivity index (χ4n) is 4.01. The largest absolute Gasteiger partial charge is 0.281 e. The Morgan fingerprint density at radius 3 is 2.29 bits per heavy atom. The topological polar surface area (TPSA) is 85.2 Å². The first-order valence-electron chi connectivity index (χ1n) is 10.4. The highest BCUT2D eigenvalue weighted by Crippen LogP contribution is 2.31. The van der Waals surface area contributed by atoms with Crippen molar-refractivity contribution in [3.05, 3.63) is 71.2 Å². The van der Waals surface area contributed by atoms with Crippen LogP contribution in [0.4, 0.5) is 0 Å². The van der Waals surface area contributed by atoms with Crippen LogP contribution in [0.1, 0.15) is 29.6 Å². The highest BCUT2D eigenvalue weighted by atomic mass is 15.5. The first-order valence-corrected chi connectivity index (χ1v) is 10.4. The molecule has 0 unspecified atom stereocenters. The second kappa shape index (κ2) is 7.43. The normalized spacial score (nSPS) is 11.4. The molecule has 0 radical (unpaired) electrons. The molecule has 0 saturated heterocycles. The zero-order chi connectivity index (χ0) is 21.5. The molecule has 0 spiro atoms. The van der Waals surface area contributed by atoms with E-state index in [9.17, 15) is 0 Å². The SMILES string of the molecule is CCc1nc2c(C)c(C)c(C)nc2n1-c1ccc(-c2ccccc2-c2nn[nH]n2)cc1. The maximum Gasteiger partial charge on any atom is 0.205 e. The summed E-state index contributed by atoms with van der Waals surface area (Å²) in [4.78, 5) is 9.79. The monoisotopic (exact) mass is 409 g/mol. The highest BCUT2D eigenvalue weighted by Gasteiger charge is 2.17. The lowest BCUT2D eigenvalue weighted by Crippen LogP contribution is -2.02. The molecule has 7 nitrogen and oxygen atoms in total. The van der Waals surface area contributed by atoms with Gasteiger partial charge >= 0.3 is 0 Å². The van der Waals surface area contributed by atoms with Crippen LogP contribution in [0.25, 0.3) is 39.4 Å². The molecule has 31 heavy (non-hydrogen) atoms. The molecule has 1 N–H and O–H groups in total. The molecule has 0 aliphatic rings. The van der Waals surface area contributed by atoms with E-state index in [-0.39, 0.29) is 0 Å². The second-order valence-electron chi connectivity index (χ2n) is 7.66. The molecule has 0 aliphatic carbocycles. The van der Waals surface area contributed by atoms with Crippen molar-refractivity contribution in [2.24, 2.45) is 0 Å². The number of nitrogens with one attached hydrogen (secondary N) is 1. The predicted molar refractivity (Wildman–Crippen MR) is 121 cm³/mol. The lowest BCUT2D eigenvalue weighted by Gasteiger charge is -2.11. The van der Waals surface area contributed by atoms with Crippen molar-refractivity contribution in [3.8, 4) is 28.2 Å². The van der Waals surface area contributed by atoms with E-state index in [1.165, 1.54) is 11.1 Å². The van der Waals surface area contributed by atoms with Crippen molar-refractivity contribution in [1.82, 2.24) is 35.2 Å². The lowest BCUT2D eigenvalue weighted by molar-refractivity contribution is 0.881. The molecule has 0 saturated carbocycles. The van der Waals surface area contributed by atoms with Gasteiger partial charge in [-0.05, 0) is 60.4 Å². The number of imidazole rings is 1. The number of pyridine rings is 1. The van der Waals surface area contributed by atoms with Crippen LogP contribution in [-0.4, -0.2) is 35.2 Å². The molecule has 2 aromatic carbocycles. The highest BCUT2D eigenvalue weighted by molar-refractivity contribution is 5.82. The van der Waals surface area contributed by atoms with Gasteiger partial charge in [0.2, 0.25) is 5.82 Å². The van der Waals surface area contributed by atoms with E-state index in [1.807, 2.05) is 18.2 Å². The number of rotatable bonds is 4. The third-order valence-corrected chi connectivity index (χ3v) is 5.92. The van der Waals surface area contributed by atoms with Gasteiger partial charge in [-0.3, -0.25) is 4.57 Å². The third-order valence-electron chi connectivity index (χ3n) is 5.92. The van der Waals surface area contributed by atoms with E-state index in [0.717, 1.165) is 51.5 Å². The van der Waals surface area contributed by atoms with Gasteiger partial charge < -0.3 is 0 Å². The Kier molecular flexibility index (Phi) is 4.58. The van der Waals surface area contributed by atoms with Gasteiger partial charge in [0, 0.05) is 23.4 Å². The summed E-state index contributed by atoms with van der Waals surface area (Å²) >= 11 is 0. The van der Waals surface area contributed by atoms with Gasteiger partial charge in [0.05, 0.1) is 0 Å². The fourth-order valence-corrected chi connectivity index (χ4v) is 4.01. The molecular weight excluding hydrogens is 386 g/mol. The van der Waals surface area contributed by atoms with Crippen LogP contribution in [0, 0.1) is 20.8 Å². The number of hydrogen-bond acceptors (Lipinski definition) is 5. The quantitative estimate of drug-likeness (QED) is 0.463. The molecule has 3 aromatic heterocycles. The molecule has 7 heteroatoms. The van der Waals surface area contributed by atoms with Crippen LogP contribution in [0.2, 0.25) is 0 Å². The Hall–Kier alpha value is -3.87. The number of aromatic amines is 1. The van der Waals surface area contributed by atoms with Gasteiger partial charge in [0.1, 0.15) is 11.3 Å². The van der Waals surface area contributed by atoms with E-state index in [1.54, 1.807) is 0 Å². The minimum Gasteiger partial charge on any atom is -0.281 e. The number of tetrazole rings is 1. The van der Waals surface area contributed by atoms with E-state index in [0.29, 0.717) is 5.82 Å². The van der Waals surface area contributed by atoms with Crippen molar-refractivity contribution >= 4 is 11.2 Å². The summed E-state index contributed by atoms with van der Waals surface area (Å²) in [5.74, 6) is 1.59. The molecule has 5 rings (SSSR count). The second-order valence-corrected chi connectivity index (χ2v) is 7.66. The minimum absolute atomic E-state index is 0.582. The summed E-state index contributed by atoms with van der Waals surface area (Å²) in [5.41, 5.74) is 9.47. The van der Waals surface area contributed by atoms with Crippen molar-refractivity contribution in [2.45, 2.75) is 34.1 Å². The van der Waals surface area contributed by atoms with Gasteiger partial charge in [0.25, 0.3) is 0 Å². The Morgan fingerprint density at radius 1 is 0.871 bits per heavy atom. The average molecular weight is 409 g/mol. The van der Waals surface area contributed by atoms with Crippen LogP contribution in [-0.2, 0) is 6.42 Å². The third kappa shape index (κ3) is 3.09. The summed E-state index contributed by atoms with van der Waals surface area (Å²) < 4.78 is 2.17. The summed E-state index contributed by atoms with van der Waals surface area (Å²) in [7, 11) is 0. The van der Waals surface area contributed by atoms with E-state index in [2.05, 4.69) is 83.2 Å². The fraction of sp³-hybridized carbons (Fsp3) is 0.208. The predicted octanol–water partition coefficient (Wildman–Crippen LogP) is 4.76. The van der Waals surface area contributed by atoms with E-state index >= 15 is 0 Å². The van der Waals surface area contributed by atoms with Crippen LogP contribution in [0.5, 0.6) is 0 Å². The summed E-state index contributed by atoms with van der Waals surface area (Å²) in [6.07, 6.45) is 0.830. The van der Waals surface area contributed by atoms with Gasteiger partial charge in [-0.2, -0.15) is 5.21 Å². The average Bonchev–Trinajstić information content (AvgIpc) is 3.46. The maximum absolute atomic E-state index is 4.91. The molecule has 0 bridgehead atoms. The summed E-state index contributed by atoms with van der Waals surface area (Å²) in [6, 6.07) is 16.5. The molecule has 0 fully saturated rings. The van der Waals surface area contributed by atoms with Gasteiger partial charge in [0.15, 0.2) is 5.65 Å². The number of fused-ring (bicyclic) bond motifs is 1. The van der Waals surface area contributed by atoms with Gasteiger partial charge in [-0.15, -0.1) is 10.2 Å². The van der Waals surface area contributed by atoms with E-state index < -0.39 is 0 Å². The molecule has 0 atom stereocenters. The van der Waals surface area contributed by atoms with Crippen molar-refractivity contribution in [3.63, 3.8) is 0 Å². The number of hydrogen-bond donors (Lipinski definition) is 1. The first kappa shape index (κ1) is 19.1. The zero-order valence-corrected chi connectivity index (χ0v) is 18.0. The van der Waals surface area contributed by atoms with Gasteiger partial charge in [-0.1, -0.05) is 43.3 Å². The molecule has 0 aliphatic heterocycles. The smallest absolute Gasteiger partial charge is 0.205 e. The molecule has 154 valence electrons. The molecule has 5 aromatic rings. The lowest BCUT2D eigenvalue weighted by atomic mass is 9.99. The molecule has 0 amide bonds. The van der Waals surface area contributed by atoms with Crippen LogP contribution < -0.4 is 0 Å². The number of nitrogens with zero attached hydrogens (tertiary/aromatic N) is 6. The number of H-pyrrole nitrogens is 1.